The predicted octanol–water partition coefficient (Wildman–Crippen LogP) is 5.48. The number of benzene rings is 2. The van der Waals surface area contributed by atoms with E-state index in [1.165, 1.54) is 0 Å². The summed E-state index contributed by atoms with van der Waals surface area (Å²) < 4.78 is 10.9. The Bertz CT molecular complexity index is 1200. The zero-order chi connectivity index (χ0) is 25.0. The summed E-state index contributed by atoms with van der Waals surface area (Å²) in [6.07, 6.45) is 1.83. The van der Waals surface area contributed by atoms with Crippen LogP contribution in [0.1, 0.15) is 57.3 Å². The molecule has 1 saturated carbocycles. The number of rotatable bonds is 6. The van der Waals surface area contributed by atoms with Gasteiger partial charge in [-0.2, -0.15) is 0 Å². The van der Waals surface area contributed by atoms with Gasteiger partial charge in [0.1, 0.15) is 11.4 Å². The third-order valence-corrected chi connectivity index (χ3v) is 5.91. The molecule has 4 rings (SSSR count). The summed E-state index contributed by atoms with van der Waals surface area (Å²) >= 11 is 0. The zero-order valence-electron chi connectivity index (χ0n) is 20.8. The van der Waals surface area contributed by atoms with E-state index in [1.54, 1.807) is 0 Å². The Hall–Kier alpha value is -3.61. The van der Waals surface area contributed by atoms with Crippen LogP contribution in [0.2, 0.25) is 0 Å². The molecular formula is C28H33N3O4. The number of amides is 2. The fourth-order valence-corrected chi connectivity index (χ4v) is 4.38. The molecule has 7 heteroatoms. The molecule has 0 unspecified atom stereocenters. The highest BCUT2D eigenvalue weighted by atomic mass is 16.6. The number of fused-ring (bicyclic) bond motifs is 1. The number of alkyl carbamates (subject to hydrolysis) is 1. The molecule has 3 aromatic rings. The van der Waals surface area contributed by atoms with Crippen molar-refractivity contribution in [2.45, 2.75) is 64.6 Å². The van der Waals surface area contributed by atoms with Crippen molar-refractivity contribution in [2.24, 2.45) is 0 Å². The topological polar surface area (TPSA) is 89.6 Å². The van der Waals surface area contributed by atoms with E-state index in [0.29, 0.717) is 18.6 Å². The Kier molecular flexibility index (Phi) is 7.24. The number of nitrogens with zero attached hydrogens (tertiary/aromatic N) is 1. The van der Waals surface area contributed by atoms with Crippen molar-refractivity contribution in [1.82, 2.24) is 15.6 Å². The summed E-state index contributed by atoms with van der Waals surface area (Å²) in [5.41, 5.74) is 2.45. The zero-order valence-corrected chi connectivity index (χ0v) is 20.8. The largest absolute Gasteiger partial charge is 0.494 e. The first-order valence-corrected chi connectivity index (χ1v) is 12.2. The number of ether oxygens (including phenoxy) is 2. The van der Waals surface area contributed by atoms with E-state index >= 15 is 0 Å². The lowest BCUT2D eigenvalue weighted by Gasteiger charge is -2.22. The van der Waals surface area contributed by atoms with Crippen LogP contribution in [0, 0.1) is 0 Å². The molecule has 2 N–H and O–H groups in total. The fraction of sp³-hybridized carbons (Fsp3) is 0.393. The van der Waals surface area contributed by atoms with Crippen LogP contribution in [0.15, 0.2) is 54.6 Å². The van der Waals surface area contributed by atoms with Crippen molar-refractivity contribution in [3.05, 3.63) is 60.2 Å². The normalized spacial score (nSPS) is 17.7. The lowest BCUT2D eigenvalue weighted by atomic mass is 10.0. The second-order valence-electron chi connectivity index (χ2n) is 9.86. The SMILES string of the molecule is CCOc1ccc(-c2cc(C(=O)N[C@@H]3CC[C@@H](NC(=O)OC(C)(C)C)C3)c3ccccc3n2)cc1. The molecule has 2 atom stereocenters. The standard InChI is InChI=1S/C28H33N3O4/c1-5-34-21-14-10-18(11-15-21)25-17-23(22-8-6-7-9-24(22)31-25)26(32)29-19-12-13-20(16-19)30-27(33)35-28(2,3)4/h6-11,14-15,17,19-20H,5,12-13,16H2,1-4H3,(H,29,32)(H,30,33)/t19-,20-/m1/s1. The van der Waals surface area contributed by atoms with Crippen molar-refractivity contribution in [1.29, 1.82) is 0 Å². The molecule has 1 fully saturated rings. The molecule has 1 aliphatic carbocycles. The van der Waals surface area contributed by atoms with Crippen molar-refractivity contribution in [3.8, 4) is 17.0 Å². The predicted molar refractivity (Wildman–Crippen MR) is 137 cm³/mol. The van der Waals surface area contributed by atoms with E-state index in [1.807, 2.05) is 82.3 Å². The second-order valence-corrected chi connectivity index (χ2v) is 9.86. The third-order valence-electron chi connectivity index (χ3n) is 5.91. The maximum Gasteiger partial charge on any atom is 0.407 e. The summed E-state index contributed by atoms with van der Waals surface area (Å²) in [6, 6.07) is 17.2. The number of aromatic nitrogens is 1. The molecule has 7 nitrogen and oxygen atoms in total. The van der Waals surface area contributed by atoms with E-state index < -0.39 is 11.7 Å². The first kappa shape index (κ1) is 24.5. The van der Waals surface area contributed by atoms with Crippen LogP contribution in [-0.2, 0) is 4.74 Å². The van der Waals surface area contributed by atoms with Gasteiger partial charge >= 0.3 is 6.09 Å². The maximum absolute atomic E-state index is 13.4. The first-order valence-electron chi connectivity index (χ1n) is 12.2. The monoisotopic (exact) mass is 475 g/mol. The van der Waals surface area contributed by atoms with Crippen molar-refractivity contribution >= 4 is 22.9 Å². The third kappa shape index (κ3) is 6.29. The highest BCUT2D eigenvalue weighted by Gasteiger charge is 2.29. The molecule has 0 radical (unpaired) electrons. The lowest BCUT2D eigenvalue weighted by molar-refractivity contribution is 0.0505. The molecule has 0 saturated heterocycles. The van der Waals surface area contributed by atoms with Gasteiger partial charge in [0, 0.05) is 23.0 Å². The quantitative estimate of drug-likeness (QED) is 0.493. The smallest absolute Gasteiger partial charge is 0.407 e. The molecule has 35 heavy (non-hydrogen) atoms. The average Bonchev–Trinajstić information content (AvgIpc) is 3.24. The van der Waals surface area contributed by atoms with E-state index in [0.717, 1.165) is 40.8 Å². The molecular weight excluding hydrogens is 442 g/mol. The van der Waals surface area contributed by atoms with Crippen LogP contribution in [0.3, 0.4) is 0 Å². The minimum absolute atomic E-state index is 0.0243. The molecule has 2 amide bonds. The Labute approximate surface area is 206 Å². The van der Waals surface area contributed by atoms with Gasteiger partial charge in [-0.15, -0.1) is 0 Å². The molecule has 0 aliphatic heterocycles. The number of carbonyl (C=O) groups is 2. The number of para-hydroxylation sites is 1. The van der Waals surface area contributed by atoms with Crippen LogP contribution >= 0.6 is 0 Å². The van der Waals surface area contributed by atoms with Gasteiger partial charge < -0.3 is 20.1 Å². The lowest BCUT2D eigenvalue weighted by Crippen LogP contribution is -2.39. The summed E-state index contributed by atoms with van der Waals surface area (Å²) in [5.74, 6) is 0.657. The van der Waals surface area contributed by atoms with Gasteiger partial charge in [-0.3, -0.25) is 4.79 Å². The van der Waals surface area contributed by atoms with Gasteiger partial charge in [0.05, 0.1) is 23.4 Å². The Morgan fingerprint density at radius 1 is 1.00 bits per heavy atom. The van der Waals surface area contributed by atoms with Gasteiger partial charge in [0.15, 0.2) is 0 Å². The number of pyridine rings is 1. The maximum atomic E-state index is 13.4. The summed E-state index contributed by atoms with van der Waals surface area (Å²) in [4.78, 5) is 30.3. The van der Waals surface area contributed by atoms with Crippen LogP contribution in [0.25, 0.3) is 22.2 Å². The van der Waals surface area contributed by atoms with Gasteiger partial charge in [-0.25, -0.2) is 9.78 Å². The number of hydrogen-bond acceptors (Lipinski definition) is 5. The molecule has 1 heterocycles. The van der Waals surface area contributed by atoms with Crippen molar-refractivity contribution < 1.29 is 19.1 Å². The van der Waals surface area contributed by atoms with Gasteiger partial charge in [0.2, 0.25) is 0 Å². The Morgan fingerprint density at radius 2 is 1.69 bits per heavy atom. The Balaban J connectivity index is 1.50. The van der Waals surface area contributed by atoms with Crippen LogP contribution in [-0.4, -0.2) is 41.3 Å². The summed E-state index contributed by atoms with van der Waals surface area (Å²) in [5, 5.41) is 6.89. The molecule has 184 valence electrons. The molecule has 2 aromatic carbocycles. The fourth-order valence-electron chi connectivity index (χ4n) is 4.38. The van der Waals surface area contributed by atoms with E-state index in [-0.39, 0.29) is 18.0 Å². The van der Waals surface area contributed by atoms with E-state index in [2.05, 4.69) is 10.6 Å². The second kappa shape index (κ2) is 10.3. The van der Waals surface area contributed by atoms with E-state index in [4.69, 9.17) is 14.5 Å². The molecule has 0 bridgehead atoms. The van der Waals surface area contributed by atoms with Crippen LogP contribution in [0.5, 0.6) is 5.75 Å². The average molecular weight is 476 g/mol. The van der Waals surface area contributed by atoms with Gasteiger partial charge in [-0.1, -0.05) is 18.2 Å². The van der Waals surface area contributed by atoms with Gasteiger partial charge in [-0.05, 0) is 83.4 Å². The summed E-state index contributed by atoms with van der Waals surface area (Å²) in [7, 11) is 0. The number of carbonyl (C=O) groups excluding carboxylic acids is 2. The van der Waals surface area contributed by atoms with Crippen LogP contribution in [0.4, 0.5) is 4.79 Å². The molecule has 0 spiro atoms. The minimum Gasteiger partial charge on any atom is -0.494 e. The number of nitrogens with one attached hydrogen (secondary N) is 2. The molecule has 1 aliphatic rings. The van der Waals surface area contributed by atoms with Crippen molar-refractivity contribution in [3.63, 3.8) is 0 Å². The van der Waals surface area contributed by atoms with E-state index in [9.17, 15) is 9.59 Å². The first-order chi connectivity index (χ1) is 16.7. The Morgan fingerprint density at radius 3 is 2.37 bits per heavy atom. The number of hydrogen-bond donors (Lipinski definition) is 2. The highest BCUT2D eigenvalue weighted by Crippen LogP contribution is 2.27. The van der Waals surface area contributed by atoms with Crippen LogP contribution < -0.4 is 15.4 Å². The van der Waals surface area contributed by atoms with Gasteiger partial charge in [0.25, 0.3) is 5.91 Å². The van der Waals surface area contributed by atoms with Crippen molar-refractivity contribution in [2.75, 3.05) is 6.61 Å². The summed E-state index contributed by atoms with van der Waals surface area (Å²) in [6.45, 7) is 8.07. The highest BCUT2D eigenvalue weighted by molar-refractivity contribution is 6.07. The minimum atomic E-state index is -0.542. The molecule has 1 aromatic heterocycles.